The fourth-order valence-corrected chi connectivity index (χ4v) is 2.06. The number of nitrogens with zero attached hydrogens (tertiary/aromatic N) is 1. The number of alkyl halides is 3. The third-order valence-corrected chi connectivity index (χ3v) is 2.91. The van der Waals surface area contributed by atoms with Gasteiger partial charge in [0, 0.05) is 6.20 Å². The maximum atomic E-state index is 12.6. The third-order valence-electron chi connectivity index (χ3n) is 1.68. The second kappa shape index (κ2) is 4.38. The molecule has 0 aliphatic rings. The lowest BCUT2D eigenvalue weighted by Crippen LogP contribution is -2.16. The summed E-state index contributed by atoms with van der Waals surface area (Å²) in [5.41, 5.74) is -0.909. The van der Waals surface area contributed by atoms with E-state index in [1.165, 1.54) is 0 Å². The van der Waals surface area contributed by atoms with E-state index in [1.54, 1.807) is 0 Å². The summed E-state index contributed by atoms with van der Waals surface area (Å²) in [6.07, 6.45) is -1.91. The van der Waals surface area contributed by atoms with E-state index in [1.807, 2.05) is 0 Å². The average molecular weight is 257 g/mol. The average Bonchev–Trinajstić information content (AvgIpc) is 2.15. The van der Waals surface area contributed by atoms with Crippen LogP contribution in [0.3, 0.4) is 0 Å². The van der Waals surface area contributed by atoms with E-state index in [9.17, 15) is 17.2 Å². The van der Waals surface area contributed by atoms with Gasteiger partial charge in [0.25, 0.3) is 6.43 Å². The van der Waals surface area contributed by atoms with Crippen LogP contribution in [0, 0.1) is 0 Å². The Bertz CT molecular complexity index is 464. The molecule has 1 aromatic rings. The lowest BCUT2D eigenvalue weighted by Gasteiger charge is -2.09. The van der Waals surface area contributed by atoms with Crippen LogP contribution in [0.4, 0.5) is 8.78 Å². The zero-order chi connectivity index (χ0) is 11.6. The van der Waals surface area contributed by atoms with Gasteiger partial charge >= 0.3 is 0 Å². The number of rotatable bonds is 3. The van der Waals surface area contributed by atoms with Crippen LogP contribution in [0.1, 0.15) is 17.7 Å². The van der Waals surface area contributed by atoms with E-state index in [4.69, 9.17) is 16.7 Å². The van der Waals surface area contributed by atoms with Crippen molar-refractivity contribution in [3.05, 3.63) is 23.5 Å². The third kappa shape index (κ3) is 2.61. The minimum absolute atomic E-state index is 0.182. The molecule has 0 aromatic carbocycles. The number of sulfonamides is 1. The number of aromatic nitrogens is 1. The molecule has 4 nitrogen and oxygen atoms in total. The van der Waals surface area contributed by atoms with Gasteiger partial charge in [-0.1, -0.05) is 0 Å². The van der Waals surface area contributed by atoms with Crippen LogP contribution in [0.5, 0.6) is 0 Å². The highest BCUT2D eigenvalue weighted by molar-refractivity contribution is 7.89. The topological polar surface area (TPSA) is 73.1 Å². The Hall–Kier alpha value is -0.790. The molecule has 0 aliphatic carbocycles. The van der Waals surface area contributed by atoms with Crippen molar-refractivity contribution in [1.29, 1.82) is 0 Å². The first-order chi connectivity index (χ1) is 6.88. The largest absolute Gasteiger partial charge is 0.266 e. The Morgan fingerprint density at radius 1 is 1.53 bits per heavy atom. The fourth-order valence-electron chi connectivity index (χ4n) is 1.08. The van der Waals surface area contributed by atoms with Crippen molar-refractivity contribution >= 4 is 21.6 Å². The highest BCUT2D eigenvalue weighted by Gasteiger charge is 2.24. The number of hydrogen-bond donors (Lipinski definition) is 1. The maximum Gasteiger partial charge on any atom is 0.266 e. The van der Waals surface area contributed by atoms with Crippen LogP contribution in [-0.4, -0.2) is 13.4 Å². The minimum Gasteiger partial charge on any atom is -0.259 e. The van der Waals surface area contributed by atoms with Crippen molar-refractivity contribution in [2.24, 2.45) is 5.14 Å². The number of pyridine rings is 1. The summed E-state index contributed by atoms with van der Waals surface area (Å²) >= 11 is 5.37. The lowest BCUT2D eigenvalue weighted by atomic mass is 10.2. The Morgan fingerprint density at radius 2 is 2.13 bits per heavy atom. The Morgan fingerprint density at radius 3 is 2.53 bits per heavy atom. The molecule has 0 amide bonds. The van der Waals surface area contributed by atoms with Crippen molar-refractivity contribution in [3.63, 3.8) is 0 Å². The van der Waals surface area contributed by atoms with E-state index in [0.29, 0.717) is 0 Å². The van der Waals surface area contributed by atoms with E-state index in [-0.39, 0.29) is 11.6 Å². The molecule has 0 atom stereocenters. The highest BCUT2D eigenvalue weighted by Crippen LogP contribution is 2.28. The summed E-state index contributed by atoms with van der Waals surface area (Å²) in [4.78, 5) is 2.92. The van der Waals surface area contributed by atoms with Crippen LogP contribution in [-0.2, 0) is 15.9 Å². The van der Waals surface area contributed by atoms with Gasteiger partial charge in [0.05, 0.1) is 22.0 Å². The molecule has 1 aromatic heterocycles. The predicted molar refractivity (Wildman–Crippen MR) is 50.1 cm³/mol. The summed E-state index contributed by atoms with van der Waals surface area (Å²) in [5, 5.41) is 4.79. The molecule has 15 heavy (non-hydrogen) atoms. The van der Waals surface area contributed by atoms with Crippen molar-refractivity contribution in [2.75, 3.05) is 0 Å². The van der Waals surface area contributed by atoms with Crippen LogP contribution >= 0.6 is 11.6 Å². The molecule has 2 N–H and O–H groups in total. The van der Waals surface area contributed by atoms with Gasteiger partial charge in [0.15, 0.2) is 0 Å². The lowest BCUT2D eigenvalue weighted by molar-refractivity contribution is 0.146. The first-order valence-electron chi connectivity index (χ1n) is 3.72. The van der Waals surface area contributed by atoms with Gasteiger partial charge in [0.2, 0.25) is 10.0 Å². The molecule has 0 bridgehead atoms. The van der Waals surface area contributed by atoms with Crippen molar-refractivity contribution < 1.29 is 17.2 Å². The van der Waals surface area contributed by atoms with Crippen LogP contribution < -0.4 is 5.14 Å². The van der Waals surface area contributed by atoms with Crippen LogP contribution in [0.25, 0.3) is 0 Å². The van der Waals surface area contributed by atoms with Gasteiger partial charge in [-0.05, 0) is 6.07 Å². The SMILES string of the molecule is NS(=O)(=O)c1ccnc(CCl)c1C(F)F. The molecule has 0 radical (unpaired) electrons. The minimum atomic E-state index is -4.19. The number of primary sulfonamides is 1. The van der Waals surface area contributed by atoms with Gasteiger partial charge in [-0.25, -0.2) is 22.3 Å². The Balaban J connectivity index is 3.53. The van der Waals surface area contributed by atoms with E-state index >= 15 is 0 Å². The molecule has 1 heterocycles. The van der Waals surface area contributed by atoms with Gasteiger partial charge in [-0.15, -0.1) is 11.6 Å². The molecule has 0 saturated carbocycles. The predicted octanol–water partition coefficient (Wildman–Crippen LogP) is 1.41. The Kier molecular flexibility index (Phi) is 3.58. The van der Waals surface area contributed by atoms with Crippen molar-refractivity contribution in [2.45, 2.75) is 17.2 Å². The molecular weight excluding hydrogens is 250 g/mol. The molecule has 1 rings (SSSR count). The second-order valence-electron chi connectivity index (χ2n) is 2.65. The van der Waals surface area contributed by atoms with Crippen molar-refractivity contribution in [1.82, 2.24) is 4.98 Å². The molecule has 0 aliphatic heterocycles. The standard InChI is InChI=1S/C7H7ClF2N2O2S/c8-3-4-6(7(9)10)5(1-2-12-4)15(11,13)14/h1-2,7H,3H2,(H2,11,13,14). The fraction of sp³-hybridized carbons (Fsp3) is 0.286. The van der Waals surface area contributed by atoms with Gasteiger partial charge in [0.1, 0.15) is 0 Å². The molecule has 0 saturated heterocycles. The first-order valence-corrected chi connectivity index (χ1v) is 5.80. The molecule has 8 heteroatoms. The van der Waals surface area contributed by atoms with E-state index in [0.717, 1.165) is 12.3 Å². The zero-order valence-corrected chi connectivity index (χ0v) is 8.89. The van der Waals surface area contributed by atoms with Gasteiger partial charge in [-0.3, -0.25) is 4.98 Å². The molecular formula is C7H7ClF2N2O2S. The first kappa shape index (κ1) is 12.3. The Labute approximate surface area is 90.1 Å². The molecule has 0 spiro atoms. The number of halogens is 3. The van der Waals surface area contributed by atoms with Gasteiger partial charge in [-0.2, -0.15) is 0 Å². The van der Waals surface area contributed by atoms with E-state index in [2.05, 4.69) is 4.98 Å². The number of hydrogen-bond acceptors (Lipinski definition) is 3. The summed E-state index contributed by atoms with van der Waals surface area (Å²) in [6.45, 7) is 0. The monoisotopic (exact) mass is 256 g/mol. The molecule has 0 fully saturated rings. The van der Waals surface area contributed by atoms with Crippen LogP contribution in [0.2, 0.25) is 0 Å². The molecule has 84 valence electrons. The normalized spacial score (nSPS) is 12.1. The maximum absolute atomic E-state index is 12.6. The smallest absolute Gasteiger partial charge is 0.259 e. The summed E-state index contributed by atoms with van der Waals surface area (Å²) in [7, 11) is -4.19. The van der Waals surface area contributed by atoms with E-state index < -0.39 is 26.9 Å². The summed E-state index contributed by atoms with van der Waals surface area (Å²) < 4.78 is 47.2. The number of nitrogens with two attached hydrogens (primary N) is 1. The zero-order valence-electron chi connectivity index (χ0n) is 7.32. The highest BCUT2D eigenvalue weighted by atomic mass is 35.5. The summed E-state index contributed by atoms with van der Waals surface area (Å²) in [5.74, 6) is -0.303. The summed E-state index contributed by atoms with van der Waals surface area (Å²) in [6, 6.07) is 0.923. The van der Waals surface area contributed by atoms with Crippen LogP contribution in [0.15, 0.2) is 17.2 Å². The van der Waals surface area contributed by atoms with Gasteiger partial charge < -0.3 is 0 Å². The quantitative estimate of drug-likeness (QED) is 0.831. The second-order valence-corrected chi connectivity index (χ2v) is 4.45. The molecule has 0 unspecified atom stereocenters. The van der Waals surface area contributed by atoms with Crippen molar-refractivity contribution in [3.8, 4) is 0 Å².